The number of rotatable bonds is 4. The maximum atomic E-state index is 12.9. The second-order valence-corrected chi connectivity index (χ2v) is 6.83. The van der Waals surface area contributed by atoms with E-state index < -0.39 is 0 Å². The number of fused-ring (bicyclic) bond motifs is 3. The van der Waals surface area contributed by atoms with Crippen LogP contribution in [-0.4, -0.2) is 30.7 Å². The van der Waals surface area contributed by atoms with Crippen molar-refractivity contribution in [2.45, 2.75) is 46.2 Å². The molecule has 1 amide bonds. The second kappa shape index (κ2) is 6.44. The van der Waals surface area contributed by atoms with Gasteiger partial charge in [-0.15, -0.1) is 5.10 Å². The van der Waals surface area contributed by atoms with Crippen LogP contribution >= 0.6 is 0 Å². The summed E-state index contributed by atoms with van der Waals surface area (Å²) in [5.74, 6) is 0.0314. The van der Waals surface area contributed by atoms with Crippen molar-refractivity contribution in [3.8, 4) is 0 Å². The fourth-order valence-corrected chi connectivity index (χ4v) is 2.95. The van der Waals surface area contributed by atoms with Crippen molar-refractivity contribution in [1.29, 1.82) is 0 Å². The first-order valence-corrected chi connectivity index (χ1v) is 8.71. The first-order valence-electron chi connectivity index (χ1n) is 8.71. The predicted octanol–water partition coefficient (Wildman–Crippen LogP) is 1.46. The number of amides is 1. The van der Waals surface area contributed by atoms with Crippen molar-refractivity contribution >= 4 is 22.6 Å². The Balaban J connectivity index is 2.35. The van der Waals surface area contributed by atoms with Gasteiger partial charge in [-0.25, -0.2) is 13.9 Å². The van der Waals surface area contributed by atoms with Gasteiger partial charge >= 0.3 is 5.69 Å². The number of aromatic nitrogens is 4. The zero-order chi connectivity index (χ0) is 19.2. The summed E-state index contributed by atoms with van der Waals surface area (Å²) < 4.78 is 4.07. The second-order valence-electron chi connectivity index (χ2n) is 6.83. The van der Waals surface area contributed by atoms with Crippen molar-refractivity contribution in [3.63, 3.8) is 0 Å². The molecule has 0 spiro atoms. The van der Waals surface area contributed by atoms with Crippen LogP contribution in [0.1, 0.15) is 50.5 Å². The average molecular weight is 357 g/mol. The molecule has 1 N–H and O–H groups in total. The summed E-state index contributed by atoms with van der Waals surface area (Å²) in [6.45, 7) is 7.63. The Kier molecular flexibility index (Phi) is 4.43. The SMILES string of the molecule is CCC(C)NC(=O)c1ccc2c(=O)n(C(C)C)c3nn(C)c(=O)n3c2c1. The van der Waals surface area contributed by atoms with Crippen LogP contribution in [0, 0.1) is 0 Å². The monoisotopic (exact) mass is 357 g/mol. The number of nitrogens with zero attached hydrogens (tertiary/aromatic N) is 4. The van der Waals surface area contributed by atoms with Crippen LogP contribution in [0.4, 0.5) is 0 Å². The molecule has 1 atom stereocenters. The summed E-state index contributed by atoms with van der Waals surface area (Å²) in [6.07, 6.45) is 0.810. The fraction of sp³-hybridized carbons (Fsp3) is 0.444. The van der Waals surface area contributed by atoms with Gasteiger partial charge in [-0.2, -0.15) is 0 Å². The molecule has 0 radical (unpaired) electrons. The van der Waals surface area contributed by atoms with E-state index in [0.717, 1.165) is 6.42 Å². The van der Waals surface area contributed by atoms with Crippen LogP contribution in [0.3, 0.4) is 0 Å². The maximum Gasteiger partial charge on any atom is 0.351 e. The van der Waals surface area contributed by atoms with Gasteiger partial charge < -0.3 is 5.32 Å². The van der Waals surface area contributed by atoms with Gasteiger partial charge in [0.1, 0.15) is 0 Å². The number of hydrogen-bond acceptors (Lipinski definition) is 4. The minimum absolute atomic E-state index is 0.0354. The fourth-order valence-electron chi connectivity index (χ4n) is 2.95. The zero-order valence-corrected chi connectivity index (χ0v) is 15.6. The summed E-state index contributed by atoms with van der Waals surface area (Å²) >= 11 is 0. The summed E-state index contributed by atoms with van der Waals surface area (Å²) in [7, 11) is 1.54. The van der Waals surface area contributed by atoms with Crippen LogP contribution in [0.15, 0.2) is 27.8 Å². The topological polar surface area (TPSA) is 90.4 Å². The molecular weight excluding hydrogens is 334 g/mol. The predicted molar refractivity (Wildman–Crippen MR) is 99.8 cm³/mol. The molecule has 0 aliphatic carbocycles. The molecule has 3 aromatic rings. The molecule has 0 saturated carbocycles. The number of carbonyl (C=O) groups is 1. The normalized spacial score (nSPS) is 12.8. The lowest BCUT2D eigenvalue weighted by molar-refractivity contribution is 0.0939. The molecule has 8 nitrogen and oxygen atoms in total. The molecule has 0 aliphatic rings. The molecule has 1 aromatic carbocycles. The van der Waals surface area contributed by atoms with Crippen LogP contribution in [0.5, 0.6) is 0 Å². The number of hydrogen-bond donors (Lipinski definition) is 1. The minimum Gasteiger partial charge on any atom is -0.350 e. The van der Waals surface area contributed by atoms with E-state index >= 15 is 0 Å². The van der Waals surface area contributed by atoms with Crippen molar-refractivity contribution in [1.82, 2.24) is 24.1 Å². The number of aryl methyl sites for hydroxylation is 1. The van der Waals surface area contributed by atoms with Gasteiger partial charge in [0.2, 0.25) is 5.78 Å². The Labute approximate surface area is 150 Å². The summed E-state index contributed by atoms with van der Waals surface area (Å²) in [4.78, 5) is 37.9. The highest BCUT2D eigenvalue weighted by atomic mass is 16.2. The van der Waals surface area contributed by atoms with Crippen LogP contribution in [-0.2, 0) is 7.05 Å². The average Bonchev–Trinajstić information content (AvgIpc) is 2.88. The Hall–Kier alpha value is -2.90. The lowest BCUT2D eigenvalue weighted by Crippen LogP contribution is -2.32. The van der Waals surface area contributed by atoms with Crippen molar-refractivity contribution in [3.05, 3.63) is 44.6 Å². The highest BCUT2D eigenvalue weighted by Gasteiger charge is 2.19. The molecule has 3 rings (SSSR count). The van der Waals surface area contributed by atoms with Gasteiger partial charge in [-0.1, -0.05) is 6.92 Å². The molecule has 138 valence electrons. The number of carbonyl (C=O) groups excluding carboxylic acids is 1. The summed E-state index contributed by atoms with van der Waals surface area (Å²) in [5, 5.41) is 7.48. The third kappa shape index (κ3) is 2.71. The molecule has 8 heteroatoms. The third-order valence-corrected chi connectivity index (χ3v) is 4.58. The van der Waals surface area contributed by atoms with Gasteiger partial charge in [-0.05, 0) is 45.4 Å². The molecule has 0 bridgehead atoms. The van der Waals surface area contributed by atoms with Gasteiger partial charge in [0.15, 0.2) is 0 Å². The Morgan fingerprint density at radius 2 is 1.92 bits per heavy atom. The Morgan fingerprint density at radius 1 is 1.23 bits per heavy atom. The van der Waals surface area contributed by atoms with Crippen molar-refractivity contribution in [2.24, 2.45) is 7.05 Å². The van der Waals surface area contributed by atoms with Crippen molar-refractivity contribution in [2.75, 3.05) is 0 Å². The van der Waals surface area contributed by atoms with E-state index in [2.05, 4.69) is 10.4 Å². The van der Waals surface area contributed by atoms with E-state index in [4.69, 9.17) is 0 Å². The Bertz CT molecular complexity index is 1120. The highest BCUT2D eigenvalue weighted by molar-refractivity contribution is 5.98. The highest BCUT2D eigenvalue weighted by Crippen LogP contribution is 2.16. The van der Waals surface area contributed by atoms with Crippen molar-refractivity contribution < 1.29 is 4.79 Å². The molecule has 26 heavy (non-hydrogen) atoms. The lowest BCUT2D eigenvalue weighted by atomic mass is 10.1. The molecular formula is C18H23N5O3. The standard InChI is InChI=1S/C18H23N5O3/c1-6-11(4)19-15(24)12-7-8-13-14(9-12)23-17(20-21(5)18(23)26)22(10(2)3)16(13)25/h7-11H,6H2,1-5H3,(H,19,24). The van der Waals surface area contributed by atoms with E-state index in [1.807, 2.05) is 27.7 Å². The first-order chi connectivity index (χ1) is 12.3. The quantitative estimate of drug-likeness (QED) is 0.765. The zero-order valence-electron chi connectivity index (χ0n) is 15.6. The minimum atomic E-state index is -0.362. The van der Waals surface area contributed by atoms with E-state index in [1.165, 1.54) is 20.7 Å². The number of benzene rings is 1. The van der Waals surface area contributed by atoms with Gasteiger partial charge in [0.05, 0.1) is 10.9 Å². The van der Waals surface area contributed by atoms with Crippen LogP contribution in [0.25, 0.3) is 16.7 Å². The summed E-state index contributed by atoms with van der Waals surface area (Å²) in [6, 6.07) is 4.66. The summed E-state index contributed by atoms with van der Waals surface area (Å²) in [5.41, 5.74) is 0.189. The first kappa shape index (κ1) is 17.9. The van der Waals surface area contributed by atoms with Crippen LogP contribution in [0.2, 0.25) is 0 Å². The largest absolute Gasteiger partial charge is 0.351 e. The molecule has 1 unspecified atom stereocenters. The molecule has 0 saturated heterocycles. The van der Waals surface area contributed by atoms with E-state index in [9.17, 15) is 14.4 Å². The Morgan fingerprint density at radius 3 is 2.54 bits per heavy atom. The molecule has 2 aromatic heterocycles. The van der Waals surface area contributed by atoms with Crippen LogP contribution < -0.4 is 16.6 Å². The van der Waals surface area contributed by atoms with Gasteiger partial charge in [-0.3, -0.25) is 14.2 Å². The molecule has 2 heterocycles. The van der Waals surface area contributed by atoms with E-state index in [1.54, 1.807) is 18.2 Å². The lowest BCUT2D eigenvalue weighted by Gasteiger charge is -2.14. The van der Waals surface area contributed by atoms with Gasteiger partial charge in [0, 0.05) is 24.7 Å². The van der Waals surface area contributed by atoms with Gasteiger partial charge in [0.25, 0.3) is 11.5 Å². The van der Waals surface area contributed by atoms with E-state index in [-0.39, 0.29) is 35.0 Å². The number of nitrogens with one attached hydrogen (secondary N) is 1. The molecule has 0 fully saturated rings. The smallest absolute Gasteiger partial charge is 0.350 e. The molecule has 0 aliphatic heterocycles. The van der Waals surface area contributed by atoms with E-state index in [0.29, 0.717) is 16.5 Å². The maximum absolute atomic E-state index is 12.9. The third-order valence-electron chi connectivity index (χ3n) is 4.58.